The zero-order valence-electron chi connectivity index (χ0n) is 16.2. The largest absolute Gasteiger partial charge is 0.492 e. The lowest BCUT2D eigenvalue weighted by atomic mass is 10.2. The molecule has 6 heteroatoms. The van der Waals surface area contributed by atoms with Crippen molar-refractivity contribution in [2.45, 2.75) is 13.8 Å². The summed E-state index contributed by atoms with van der Waals surface area (Å²) in [4.78, 5) is 18.3. The maximum absolute atomic E-state index is 5.87. The summed E-state index contributed by atoms with van der Waals surface area (Å²) in [6.07, 6.45) is 3.56. The van der Waals surface area contributed by atoms with Gasteiger partial charge in [-0.05, 0) is 43.7 Å². The molecule has 0 aliphatic carbocycles. The van der Waals surface area contributed by atoms with Gasteiger partial charge in [0, 0.05) is 29.9 Å². The van der Waals surface area contributed by atoms with Crippen molar-refractivity contribution >= 4 is 27.4 Å². The highest BCUT2D eigenvalue weighted by atomic mass is 32.1. The van der Waals surface area contributed by atoms with Crippen molar-refractivity contribution in [3.63, 3.8) is 0 Å². The standard InChI is InChI=1S/C22H22N4OS/c1-15-16(2)28-22-19(15)21(24-20(25-22)17-8-7-11-23-14-17)26(3)12-13-27-18-9-5-4-6-10-18/h4-11,14H,12-13H2,1-3H3. The van der Waals surface area contributed by atoms with E-state index in [2.05, 4.69) is 30.8 Å². The van der Waals surface area contributed by atoms with Gasteiger partial charge in [-0.3, -0.25) is 4.98 Å². The number of para-hydroxylation sites is 1. The Morgan fingerprint density at radius 3 is 2.61 bits per heavy atom. The normalized spacial score (nSPS) is 11.0. The molecule has 0 atom stereocenters. The van der Waals surface area contributed by atoms with Gasteiger partial charge in [-0.15, -0.1) is 11.3 Å². The summed E-state index contributed by atoms with van der Waals surface area (Å²) in [5.41, 5.74) is 2.16. The average molecular weight is 391 g/mol. The summed E-state index contributed by atoms with van der Waals surface area (Å²) < 4.78 is 5.87. The van der Waals surface area contributed by atoms with Gasteiger partial charge < -0.3 is 9.64 Å². The van der Waals surface area contributed by atoms with Gasteiger partial charge in [0.15, 0.2) is 5.82 Å². The lowest BCUT2D eigenvalue weighted by Crippen LogP contribution is -2.25. The van der Waals surface area contributed by atoms with Crippen molar-refractivity contribution in [3.05, 3.63) is 65.3 Å². The fraction of sp³-hybridized carbons (Fsp3) is 0.227. The van der Waals surface area contributed by atoms with Crippen LogP contribution >= 0.6 is 11.3 Å². The molecule has 4 aromatic rings. The number of rotatable bonds is 6. The molecule has 3 aromatic heterocycles. The van der Waals surface area contributed by atoms with Crippen LogP contribution in [0.4, 0.5) is 5.82 Å². The molecule has 142 valence electrons. The van der Waals surface area contributed by atoms with Crippen LogP contribution in [-0.4, -0.2) is 35.2 Å². The van der Waals surface area contributed by atoms with Gasteiger partial charge in [0.2, 0.25) is 0 Å². The highest BCUT2D eigenvalue weighted by molar-refractivity contribution is 7.18. The molecule has 0 N–H and O–H groups in total. The highest BCUT2D eigenvalue weighted by Gasteiger charge is 2.18. The zero-order chi connectivity index (χ0) is 19.5. The first-order valence-corrected chi connectivity index (χ1v) is 10.0. The highest BCUT2D eigenvalue weighted by Crippen LogP contribution is 2.36. The van der Waals surface area contributed by atoms with Crippen LogP contribution in [0.2, 0.25) is 0 Å². The molecule has 0 aliphatic heterocycles. The van der Waals surface area contributed by atoms with Crippen LogP contribution in [0.5, 0.6) is 5.75 Å². The fourth-order valence-corrected chi connectivity index (χ4v) is 4.08. The number of nitrogens with zero attached hydrogens (tertiary/aromatic N) is 4. The van der Waals surface area contributed by atoms with Crippen molar-refractivity contribution < 1.29 is 4.74 Å². The Bertz CT molecular complexity index is 1080. The summed E-state index contributed by atoms with van der Waals surface area (Å²) in [6, 6.07) is 13.8. The topological polar surface area (TPSA) is 51.1 Å². The second kappa shape index (κ2) is 7.94. The first-order chi connectivity index (χ1) is 13.6. The molecular weight excluding hydrogens is 368 g/mol. The molecule has 0 spiro atoms. The van der Waals surface area contributed by atoms with Crippen LogP contribution in [0.1, 0.15) is 10.4 Å². The van der Waals surface area contributed by atoms with Gasteiger partial charge in [0.25, 0.3) is 0 Å². The third-order valence-corrected chi connectivity index (χ3v) is 5.83. The number of aryl methyl sites for hydroxylation is 2. The van der Waals surface area contributed by atoms with Gasteiger partial charge >= 0.3 is 0 Å². The quantitative estimate of drug-likeness (QED) is 0.469. The second-order valence-electron chi connectivity index (χ2n) is 6.66. The van der Waals surface area contributed by atoms with E-state index in [9.17, 15) is 0 Å². The van der Waals surface area contributed by atoms with Gasteiger partial charge in [-0.25, -0.2) is 9.97 Å². The first kappa shape index (κ1) is 18.4. The predicted octanol–water partition coefficient (Wildman–Crippen LogP) is 4.89. The molecule has 0 saturated carbocycles. The molecule has 0 saturated heterocycles. The minimum absolute atomic E-state index is 0.580. The van der Waals surface area contributed by atoms with E-state index in [1.165, 1.54) is 10.4 Å². The Kier molecular flexibility index (Phi) is 5.21. The predicted molar refractivity (Wildman–Crippen MR) is 115 cm³/mol. The molecule has 4 rings (SSSR count). The monoisotopic (exact) mass is 390 g/mol. The van der Waals surface area contributed by atoms with Crippen LogP contribution in [0.3, 0.4) is 0 Å². The maximum Gasteiger partial charge on any atom is 0.164 e. The zero-order valence-corrected chi connectivity index (χ0v) is 17.0. The van der Waals surface area contributed by atoms with Crippen LogP contribution in [-0.2, 0) is 0 Å². The van der Waals surface area contributed by atoms with Crippen molar-refractivity contribution in [2.24, 2.45) is 0 Å². The van der Waals surface area contributed by atoms with Gasteiger partial charge in [-0.2, -0.15) is 0 Å². The van der Waals surface area contributed by atoms with E-state index in [4.69, 9.17) is 14.7 Å². The van der Waals surface area contributed by atoms with Crippen molar-refractivity contribution in [1.82, 2.24) is 15.0 Å². The maximum atomic E-state index is 5.87. The van der Waals surface area contributed by atoms with E-state index in [-0.39, 0.29) is 0 Å². The molecule has 0 fully saturated rings. The smallest absolute Gasteiger partial charge is 0.164 e. The minimum Gasteiger partial charge on any atom is -0.492 e. The number of ether oxygens (including phenoxy) is 1. The number of likely N-dealkylation sites (N-methyl/N-ethyl adjacent to an activating group) is 1. The van der Waals surface area contributed by atoms with E-state index >= 15 is 0 Å². The number of thiophene rings is 1. The molecule has 0 radical (unpaired) electrons. The molecule has 1 aromatic carbocycles. The van der Waals surface area contributed by atoms with Crippen LogP contribution in [0.25, 0.3) is 21.6 Å². The lowest BCUT2D eigenvalue weighted by Gasteiger charge is -2.20. The summed E-state index contributed by atoms with van der Waals surface area (Å²) in [7, 11) is 2.05. The van der Waals surface area contributed by atoms with Crippen LogP contribution in [0.15, 0.2) is 54.9 Å². The molecule has 0 bridgehead atoms. The Hall–Kier alpha value is -2.99. The average Bonchev–Trinajstić information content (AvgIpc) is 3.02. The van der Waals surface area contributed by atoms with E-state index in [0.29, 0.717) is 12.4 Å². The van der Waals surface area contributed by atoms with E-state index in [1.54, 1.807) is 23.7 Å². The number of hydrogen-bond donors (Lipinski definition) is 0. The third kappa shape index (κ3) is 3.68. The van der Waals surface area contributed by atoms with Crippen molar-refractivity contribution in [3.8, 4) is 17.1 Å². The van der Waals surface area contributed by atoms with Gasteiger partial charge in [0.1, 0.15) is 23.0 Å². The van der Waals surface area contributed by atoms with Crippen molar-refractivity contribution in [1.29, 1.82) is 0 Å². The molecule has 5 nitrogen and oxygen atoms in total. The number of fused-ring (bicyclic) bond motifs is 1. The summed E-state index contributed by atoms with van der Waals surface area (Å²) in [5.74, 6) is 2.51. The summed E-state index contributed by atoms with van der Waals surface area (Å²) in [5, 5.41) is 1.12. The number of anilines is 1. The van der Waals surface area contributed by atoms with E-state index in [1.807, 2.05) is 42.5 Å². The fourth-order valence-electron chi connectivity index (χ4n) is 3.05. The number of hydrogen-bond acceptors (Lipinski definition) is 6. The molecular formula is C22H22N4OS. The Labute approximate surface area is 168 Å². The number of aromatic nitrogens is 3. The SMILES string of the molecule is Cc1sc2nc(-c3cccnc3)nc(N(C)CCOc3ccccc3)c2c1C. The Balaban J connectivity index is 1.66. The van der Waals surface area contributed by atoms with E-state index < -0.39 is 0 Å². The lowest BCUT2D eigenvalue weighted by molar-refractivity contribution is 0.326. The Morgan fingerprint density at radius 1 is 1.04 bits per heavy atom. The molecule has 3 heterocycles. The number of pyridine rings is 1. The van der Waals surface area contributed by atoms with Gasteiger partial charge in [0.05, 0.1) is 11.9 Å². The van der Waals surface area contributed by atoms with Gasteiger partial charge in [-0.1, -0.05) is 18.2 Å². The molecule has 0 amide bonds. The van der Waals surface area contributed by atoms with Crippen LogP contribution in [0, 0.1) is 13.8 Å². The number of benzene rings is 1. The molecule has 28 heavy (non-hydrogen) atoms. The first-order valence-electron chi connectivity index (χ1n) is 9.20. The Morgan fingerprint density at radius 2 is 1.86 bits per heavy atom. The summed E-state index contributed by atoms with van der Waals surface area (Å²) in [6.45, 7) is 5.57. The van der Waals surface area contributed by atoms with Crippen molar-refractivity contribution in [2.75, 3.05) is 25.1 Å². The second-order valence-corrected chi connectivity index (χ2v) is 7.86. The summed E-state index contributed by atoms with van der Waals surface area (Å²) >= 11 is 1.71. The van der Waals surface area contributed by atoms with Crippen LogP contribution < -0.4 is 9.64 Å². The molecule has 0 unspecified atom stereocenters. The molecule has 0 aliphatic rings. The van der Waals surface area contributed by atoms with E-state index in [0.717, 1.165) is 33.9 Å². The minimum atomic E-state index is 0.580. The third-order valence-electron chi connectivity index (χ3n) is 4.73.